The Morgan fingerprint density at radius 3 is 2.71 bits per heavy atom. The van der Waals surface area contributed by atoms with Crippen LogP contribution in [0.25, 0.3) is 0 Å². The van der Waals surface area contributed by atoms with Gasteiger partial charge in [-0.2, -0.15) is 0 Å². The number of rotatable bonds is 4. The fraction of sp³-hybridized carbons (Fsp3) is 0.900. The lowest BCUT2D eigenvalue weighted by Crippen LogP contribution is -2.38. The first-order valence-electron chi connectivity index (χ1n) is 5.28. The molecule has 1 aliphatic rings. The van der Waals surface area contributed by atoms with Crippen LogP contribution >= 0.6 is 0 Å². The summed E-state index contributed by atoms with van der Waals surface area (Å²) in [5, 5.41) is 0. The number of carbonyl (C=O) groups is 1. The molecule has 1 aliphatic heterocycles. The predicted molar refractivity (Wildman–Crippen MR) is 57.0 cm³/mol. The Balaban J connectivity index is 2.60. The minimum Gasteiger partial charge on any atom is -0.329 e. The maximum Gasteiger partial charge on any atom is 0.320 e. The quantitative estimate of drug-likeness (QED) is 0.725. The van der Waals surface area contributed by atoms with E-state index in [2.05, 4.69) is 13.8 Å². The van der Waals surface area contributed by atoms with Gasteiger partial charge in [-0.15, -0.1) is 0 Å². The van der Waals surface area contributed by atoms with Crippen molar-refractivity contribution < 1.29 is 4.79 Å². The molecular formula is C10H21N3O. The number of urea groups is 1. The van der Waals surface area contributed by atoms with Crippen LogP contribution in [-0.2, 0) is 0 Å². The van der Waals surface area contributed by atoms with E-state index in [-0.39, 0.29) is 6.03 Å². The first-order valence-corrected chi connectivity index (χ1v) is 5.28. The van der Waals surface area contributed by atoms with E-state index in [1.165, 1.54) is 0 Å². The summed E-state index contributed by atoms with van der Waals surface area (Å²) in [5.41, 5.74) is 5.50. The first kappa shape index (κ1) is 11.3. The largest absolute Gasteiger partial charge is 0.329 e. The Kier molecular flexibility index (Phi) is 3.75. The number of nitrogens with two attached hydrogens (primary N) is 1. The predicted octanol–water partition coefficient (Wildman–Crippen LogP) is 0.727. The molecule has 0 aromatic rings. The van der Waals surface area contributed by atoms with E-state index in [1.54, 1.807) is 4.90 Å². The monoisotopic (exact) mass is 199 g/mol. The number of carbonyl (C=O) groups excluding carboxylic acids is 1. The van der Waals surface area contributed by atoms with Gasteiger partial charge in [-0.05, 0) is 12.3 Å². The van der Waals surface area contributed by atoms with Crippen LogP contribution in [-0.4, -0.2) is 48.6 Å². The van der Waals surface area contributed by atoms with Crippen LogP contribution < -0.4 is 5.73 Å². The molecular weight excluding hydrogens is 178 g/mol. The molecule has 4 heteroatoms. The van der Waals surface area contributed by atoms with E-state index in [1.807, 2.05) is 11.9 Å². The highest BCUT2D eigenvalue weighted by molar-refractivity contribution is 5.76. The van der Waals surface area contributed by atoms with Gasteiger partial charge in [0.15, 0.2) is 0 Å². The van der Waals surface area contributed by atoms with E-state index in [0.717, 1.165) is 13.0 Å². The molecule has 1 unspecified atom stereocenters. The lowest BCUT2D eigenvalue weighted by molar-refractivity contribution is 0.189. The third kappa shape index (κ3) is 2.38. The molecule has 0 saturated carbocycles. The summed E-state index contributed by atoms with van der Waals surface area (Å²) in [5.74, 6) is 0.625. The van der Waals surface area contributed by atoms with Gasteiger partial charge >= 0.3 is 6.03 Å². The van der Waals surface area contributed by atoms with Crippen molar-refractivity contribution in [1.82, 2.24) is 9.80 Å². The standard InChI is InChI=1S/C10H21N3O/c1-8(2)6-9-7-12(3)10(14)13(9)5-4-11/h8-9H,4-7,11H2,1-3H3. The Morgan fingerprint density at radius 1 is 1.57 bits per heavy atom. The summed E-state index contributed by atoms with van der Waals surface area (Å²) >= 11 is 0. The summed E-state index contributed by atoms with van der Waals surface area (Å²) in [6.07, 6.45) is 1.07. The molecule has 2 amide bonds. The van der Waals surface area contributed by atoms with Crippen LogP contribution in [0.5, 0.6) is 0 Å². The molecule has 0 aliphatic carbocycles. The normalized spacial score (nSPS) is 22.6. The summed E-state index contributed by atoms with van der Waals surface area (Å²) < 4.78 is 0. The molecule has 0 aromatic carbocycles. The number of likely N-dealkylation sites (N-methyl/N-ethyl adjacent to an activating group) is 1. The Morgan fingerprint density at radius 2 is 2.21 bits per heavy atom. The summed E-state index contributed by atoms with van der Waals surface area (Å²) in [4.78, 5) is 15.4. The maximum atomic E-state index is 11.7. The second kappa shape index (κ2) is 4.64. The van der Waals surface area contributed by atoms with Crippen LogP contribution in [0.1, 0.15) is 20.3 Å². The zero-order chi connectivity index (χ0) is 10.7. The van der Waals surface area contributed by atoms with Gasteiger partial charge in [0.25, 0.3) is 0 Å². The molecule has 0 radical (unpaired) electrons. The highest BCUT2D eigenvalue weighted by atomic mass is 16.2. The maximum absolute atomic E-state index is 11.7. The molecule has 0 spiro atoms. The van der Waals surface area contributed by atoms with Crippen LogP contribution in [0.4, 0.5) is 4.79 Å². The molecule has 0 bridgehead atoms. The van der Waals surface area contributed by atoms with Crippen LogP contribution in [0.15, 0.2) is 0 Å². The Labute approximate surface area is 86.0 Å². The summed E-state index contributed by atoms with van der Waals surface area (Å²) in [6.45, 7) is 6.44. The van der Waals surface area contributed by atoms with E-state index in [4.69, 9.17) is 5.73 Å². The number of hydrogen-bond acceptors (Lipinski definition) is 2. The van der Waals surface area contributed by atoms with Gasteiger partial charge < -0.3 is 15.5 Å². The molecule has 14 heavy (non-hydrogen) atoms. The minimum absolute atomic E-state index is 0.126. The van der Waals surface area contributed by atoms with Crippen LogP contribution in [0.3, 0.4) is 0 Å². The molecule has 1 fully saturated rings. The van der Waals surface area contributed by atoms with E-state index >= 15 is 0 Å². The van der Waals surface area contributed by atoms with Crippen molar-refractivity contribution in [2.75, 3.05) is 26.7 Å². The van der Waals surface area contributed by atoms with Crippen molar-refractivity contribution in [1.29, 1.82) is 0 Å². The van der Waals surface area contributed by atoms with Crippen LogP contribution in [0, 0.1) is 5.92 Å². The van der Waals surface area contributed by atoms with Gasteiger partial charge in [0.2, 0.25) is 0 Å². The zero-order valence-electron chi connectivity index (χ0n) is 9.36. The molecule has 1 rings (SSSR count). The molecule has 1 heterocycles. The number of hydrogen-bond donors (Lipinski definition) is 1. The minimum atomic E-state index is 0.126. The molecule has 82 valence electrons. The smallest absolute Gasteiger partial charge is 0.320 e. The van der Waals surface area contributed by atoms with Gasteiger partial charge in [-0.3, -0.25) is 0 Å². The Bertz CT molecular complexity index is 206. The van der Waals surface area contributed by atoms with E-state index < -0.39 is 0 Å². The van der Waals surface area contributed by atoms with Crippen molar-refractivity contribution in [2.45, 2.75) is 26.3 Å². The molecule has 2 N–H and O–H groups in total. The number of amides is 2. The second-order valence-corrected chi connectivity index (χ2v) is 4.43. The van der Waals surface area contributed by atoms with Gasteiger partial charge in [0.05, 0.1) is 6.04 Å². The van der Waals surface area contributed by atoms with Gasteiger partial charge in [0.1, 0.15) is 0 Å². The molecule has 0 aromatic heterocycles. The fourth-order valence-corrected chi connectivity index (χ4v) is 2.03. The van der Waals surface area contributed by atoms with Crippen molar-refractivity contribution in [3.8, 4) is 0 Å². The average Bonchev–Trinajstić information content (AvgIpc) is 2.32. The average molecular weight is 199 g/mol. The third-order valence-corrected chi connectivity index (χ3v) is 2.61. The second-order valence-electron chi connectivity index (χ2n) is 4.43. The van der Waals surface area contributed by atoms with E-state index in [0.29, 0.717) is 25.0 Å². The van der Waals surface area contributed by atoms with Gasteiger partial charge in [-0.1, -0.05) is 13.8 Å². The Hall–Kier alpha value is -0.770. The van der Waals surface area contributed by atoms with Gasteiger partial charge in [0, 0.05) is 26.7 Å². The fourth-order valence-electron chi connectivity index (χ4n) is 2.03. The first-order chi connectivity index (χ1) is 6.56. The van der Waals surface area contributed by atoms with E-state index in [9.17, 15) is 4.79 Å². The lowest BCUT2D eigenvalue weighted by Gasteiger charge is -2.23. The molecule has 4 nitrogen and oxygen atoms in total. The highest BCUT2D eigenvalue weighted by Gasteiger charge is 2.34. The highest BCUT2D eigenvalue weighted by Crippen LogP contribution is 2.19. The van der Waals surface area contributed by atoms with Crippen molar-refractivity contribution in [2.24, 2.45) is 11.7 Å². The van der Waals surface area contributed by atoms with Crippen molar-refractivity contribution in [3.05, 3.63) is 0 Å². The lowest BCUT2D eigenvalue weighted by atomic mass is 10.0. The zero-order valence-corrected chi connectivity index (χ0v) is 9.36. The van der Waals surface area contributed by atoms with Crippen LogP contribution in [0.2, 0.25) is 0 Å². The SMILES string of the molecule is CC(C)CC1CN(C)C(=O)N1CCN. The van der Waals surface area contributed by atoms with Crippen molar-refractivity contribution in [3.63, 3.8) is 0 Å². The summed E-state index contributed by atoms with van der Waals surface area (Å²) in [6, 6.07) is 0.483. The molecule has 1 saturated heterocycles. The third-order valence-electron chi connectivity index (χ3n) is 2.61. The number of nitrogens with zero attached hydrogens (tertiary/aromatic N) is 2. The van der Waals surface area contributed by atoms with Crippen molar-refractivity contribution >= 4 is 6.03 Å². The van der Waals surface area contributed by atoms with Gasteiger partial charge in [-0.25, -0.2) is 4.79 Å². The topological polar surface area (TPSA) is 49.6 Å². The molecule has 1 atom stereocenters. The summed E-state index contributed by atoms with van der Waals surface area (Å²) in [7, 11) is 1.85.